The van der Waals surface area contributed by atoms with Crippen LogP contribution in [0.4, 0.5) is 0 Å². The average molecular weight is 337 g/mol. The minimum Gasteiger partial charge on any atom is -0.497 e. The van der Waals surface area contributed by atoms with Crippen molar-refractivity contribution in [3.05, 3.63) is 54.1 Å². The van der Waals surface area contributed by atoms with Crippen LogP contribution in [0, 0.1) is 0 Å². The molecule has 118 valence electrons. The Bertz CT molecular complexity index is 725. The summed E-state index contributed by atoms with van der Waals surface area (Å²) in [6, 6.07) is 14.9. The molecule has 0 unspecified atom stereocenters. The number of methoxy groups -OCH3 is 1. The quantitative estimate of drug-likeness (QED) is 0.759. The molecule has 0 amide bonds. The van der Waals surface area contributed by atoms with Gasteiger partial charge in [0.2, 0.25) is 10.0 Å². The molecule has 0 fully saturated rings. The summed E-state index contributed by atoms with van der Waals surface area (Å²) >= 11 is 1.66. The van der Waals surface area contributed by atoms with Crippen LogP contribution in [0.25, 0.3) is 0 Å². The minimum absolute atomic E-state index is 0.324. The SMILES string of the molecule is COc1ccc(SCc2cccc(S(=O)(=O)N(C)C)c2)cc1. The van der Waals surface area contributed by atoms with Crippen LogP contribution >= 0.6 is 11.8 Å². The Morgan fingerprint density at radius 1 is 1.09 bits per heavy atom. The van der Waals surface area contributed by atoms with Gasteiger partial charge in [-0.25, -0.2) is 12.7 Å². The van der Waals surface area contributed by atoms with Gasteiger partial charge in [-0.05, 0) is 42.0 Å². The molecule has 0 atom stereocenters. The molecule has 0 radical (unpaired) electrons. The summed E-state index contributed by atoms with van der Waals surface area (Å²) in [7, 11) is 1.33. The third kappa shape index (κ3) is 4.03. The average Bonchev–Trinajstić information content (AvgIpc) is 2.53. The van der Waals surface area contributed by atoms with Gasteiger partial charge in [0.15, 0.2) is 0 Å². The van der Waals surface area contributed by atoms with E-state index in [1.54, 1.807) is 37.1 Å². The molecule has 2 rings (SSSR count). The van der Waals surface area contributed by atoms with Gasteiger partial charge in [0.1, 0.15) is 5.75 Å². The van der Waals surface area contributed by atoms with Gasteiger partial charge in [-0.1, -0.05) is 12.1 Å². The number of sulfonamides is 1. The summed E-state index contributed by atoms with van der Waals surface area (Å²) in [5, 5.41) is 0. The summed E-state index contributed by atoms with van der Waals surface area (Å²) in [6.07, 6.45) is 0. The number of hydrogen-bond acceptors (Lipinski definition) is 4. The lowest BCUT2D eigenvalue weighted by Crippen LogP contribution is -2.22. The van der Waals surface area contributed by atoms with Crippen molar-refractivity contribution in [3.63, 3.8) is 0 Å². The summed E-state index contributed by atoms with van der Waals surface area (Å²) in [6.45, 7) is 0. The standard InChI is InChI=1S/C16H19NO3S2/c1-17(2)22(18,19)16-6-4-5-13(11-16)12-21-15-9-7-14(20-3)8-10-15/h4-11H,12H2,1-3H3. The van der Waals surface area contributed by atoms with Gasteiger partial charge in [-0.3, -0.25) is 0 Å². The molecule has 0 aliphatic rings. The van der Waals surface area contributed by atoms with E-state index in [0.717, 1.165) is 16.2 Å². The Hall–Kier alpha value is -1.50. The van der Waals surface area contributed by atoms with Gasteiger partial charge in [0.25, 0.3) is 0 Å². The fraction of sp³-hybridized carbons (Fsp3) is 0.250. The summed E-state index contributed by atoms with van der Waals surface area (Å²) < 4.78 is 30.6. The lowest BCUT2D eigenvalue weighted by atomic mass is 10.2. The van der Waals surface area contributed by atoms with Crippen molar-refractivity contribution in [2.45, 2.75) is 15.5 Å². The fourth-order valence-corrected chi connectivity index (χ4v) is 3.66. The number of rotatable bonds is 6. The highest BCUT2D eigenvalue weighted by molar-refractivity contribution is 7.98. The maximum atomic E-state index is 12.1. The van der Waals surface area contributed by atoms with Crippen molar-refractivity contribution in [2.75, 3.05) is 21.2 Å². The van der Waals surface area contributed by atoms with E-state index < -0.39 is 10.0 Å². The highest BCUT2D eigenvalue weighted by atomic mass is 32.2. The molecule has 0 saturated heterocycles. The van der Waals surface area contributed by atoms with Crippen molar-refractivity contribution < 1.29 is 13.2 Å². The normalized spacial score (nSPS) is 11.6. The van der Waals surface area contributed by atoms with E-state index in [2.05, 4.69) is 0 Å². The molecule has 0 aromatic heterocycles. The van der Waals surface area contributed by atoms with E-state index in [-0.39, 0.29) is 0 Å². The van der Waals surface area contributed by atoms with Crippen molar-refractivity contribution in [1.82, 2.24) is 4.31 Å². The van der Waals surface area contributed by atoms with Gasteiger partial charge in [-0.2, -0.15) is 0 Å². The zero-order valence-electron chi connectivity index (χ0n) is 12.8. The van der Waals surface area contributed by atoms with Gasteiger partial charge >= 0.3 is 0 Å². The minimum atomic E-state index is -3.38. The molecule has 0 N–H and O–H groups in total. The fourth-order valence-electron chi connectivity index (χ4n) is 1.85. The van der Waals surface area contributed by atoms with E-state index in [1.165, 1.54) is 18.4 Å². The molecule has 0 saturated carbocycles. The lowest BCUT2D eigenvalue weighted by molar-refractivity contribution is 0.414. The van der Waals surface area contributed by atoms with Gasteiger partial charge in [-0.15, -0.1) is 11.8 Å². The van der Waals surface area contributed by atoms with Gasteiger partial charge in [0.05, 0.1) is 12.0 Å². The van der Waals surface area contributed by atoms with E-state index >= 15 is 0 Å². The highest BCUT2D eigenvalue weighted by Gasteiger charge is 2.17. The monoisotopic (exact) mass is 337 g/mol. The molecule has 22 heavy (non-hydrogen) atoms. The Kier molecular flexibility index (Phi) is 5.50. The third-order valence-corrected chi connectivity index (χ3v) is 6.04. The van der Waals surface area contributed by atoms with Crippen LogP contribution in [0.1, 0.15) is 5.56 Å². The Morgan fingerprint density at radius 2 is 1.77 bits per heavy atom. The number of ether oxygens (including phenoxy) is 1. The van der Waals surface area contributed by atoms with Crippen LogP contribution in [-0.4, -0.2) is 33.9 Å². The first-order valence-corrected chi connectivity index (χ1v) is 9.14. The van der Waals surface area contributed by atoms with Gasteiger partial charge in [0, 0.05) is 24.7 Å². The van der Waals surface area contributed by atoms with E-state index in [1.807, 2.05) is 30.3 Å². The summed E-state index contributed by atoms with van der Waals surface area (Å²) in [5.41, 5.74) is 0.976. The Morgan fingerprint density at radius 3 is 2.36 bits per heavy atom. The first-order valence-electron chi connectivity index (χ1n) is 6.72. The smallest absolute Gasteiger partial charge is 0.242 e. The highest BCUT2D eigenvalue weighted by Crippen LogP contribution is 2.26. The number of thioether (sulfide) groups is 1. The molecule has 2 aromatic carbocycles. The van der Waals surface area contributed by atoms with Gasteiger partial charge < -0.3 is 4.74 Å². The molecule has 0 aliphatic carbocycles. The van der Waals surface area contributed by atoms with Crippen molar-refractivity contribution >= 4 is 21.8 Å². The molecular formula is C16H19NO3S2. The molecule has 6 heteroatoms. The Labute approximate surface area is 136 Å². The first-order chi connectivity index (χ1) is 10.4. The van der Waals surface area contributed by atoms with E-state index in [0.29, 0.717) is 10.6 Å². The third-order valence-electron chi connectivity index (χ3n) is 3.14. The number of nitrogens with zero attached hydrogens (tertiary/aromatic N) is 1. The maximum absolute atomic E-state index is 12.1. The topological polar surface area (TPSA) is 46.6 Å². The zero-order valence-corrected chi connectivity index (χ0v) is 14.4. The second-order valence-electron chi connectivity index (χ2n) is 4.90. The number of benzene rings is 2. The predicted molar refractivity (Wildman–Crippen MR) is 89.9 cm³/mol. The zero-order chi connectivity index (χ0) is 16.2. The van der Waals surface area contributed by atoms with Crippen molar-refractivity contribution in [3.8, 4) is 5.75 Å². The van der Waals surface area contributed by atoms with Crippen molar-refractivity contribution in [2.24, 2.45) is 0 Å². The Balaban J connectivity index is 2.10. The van der Waals surface area contributed by atoms with E-state index in [4.69, 9.17) is 4.74 Å². The van der Waals surface area contributed by atoms with Crippen LogP contribution in [0.3, 0.4) is 0 Å². The molecule has 0 heterocycles. The molecule has 0 spiro atoms. The van der Waals surface area contributed by atoms with Crippen LogP contribution in [0.2, 0.25) is 0 Å². The first kappa shape index (κ1) is 16.9. The summed E-state index contributed by atoms with van der Waals surface area (Å²) in [5.74, 6) is 1.53. The largest absolute Gasteiger partial charge is 0.497 e. The van der Waals surface area contributed by atoms with Crippen LogP contribution < -0.4 is 4.74 Å². The predicted octanol–water partition coefficient (Wildman–Crippen LogP) is 3.24. The maximum Gasteiger partial charge on any atom is 0.242 e. The molecular weight excluding hydrogens is 318 g/mol. The van der Waals surface area contributed by atoms with Crippen molar-refractivity contribution in [1.29, 1.82) is 0 Å². The lowest BCUT2D eigenvalue weighted by Gasteiger charge is -2.12. The van der Waals surface area contributed by atoms with Crippen LogP contribution in [0.15, 0.2) is 58.3 Å². The number of hydrogen-bond donors (Lipinski definition) is 0. The summed E-state index contributed by atoms with van der Waals surface area (Å²) in [4.78, 5) is 1.44. The van der Waals surface area contributed by atoms with E-state index in [9.17, 15) is 8.42 Å². The molecule has 0 bridgehead atoms. The second-order valence-corrected chi connectivity index (χ2v) is 8.10. The molecule has 0 aliphatic heterocycles. The molecule has 2 aromatic rings. The molecule has 4 nitrogen and oxygen atoms in total. The van der Waals surface area contributed by atoms with Crippen LogP contribution in [-0.2, 0) is 15.8 Å². The second kappa shape index (κ2) is 7.17. The van der Waals surface area contributed by atoms with Crippen LogP contribution in [0.5, 0.6) is 5.75 Å².